The molecule has 0 aliphatic carbocycles. The third kappa shape index (κ3) is 2.45. The standard InChI is InChI=1S/C25H20O2/c1-3-14-26-16(2)22-15-18-9-5-6-10-19(18)23-21-13-12-17-8-4-7-11-20(17)24(21)27-25(22)23/h3-13,15-16H,1,14H2,2H3. The molecule has 1 unspecified atom stereocenters. The number of rotatable bonds is 4. The predicted molar refractivity (Wildman–Crippen MR) is 113 cm³/mol. The van der Waals surface area contributed by atoms with E-state index < -0.39 is 0 Å². The van der Waals surface area contributed by atoms with E-state index in [0.717, 1.165) is 32.9 Å². The van der Waals surface area contributed by atoms with Gasteiger partial charge in [-0.2, -0.15) is 0 Å². The number of furan rings is 1. The Labute approximate surface area is 157 Å². The fourth-order valence-electron chi connectivity index (χ4n) is 3.98. The molecule has 1 heterocycles. The van der Waals surface area contributed by atoms with Gasteiger partial charge in [0.25, 0.3) is 0 Å². The van der Waals surface area contributed by atoms with Crippen LogP contribution in [0.5, 0.6) is 0 Å². The summed E-state index contributed by atoms with van der Waals surface area (Å²) in [5.74, 6) is 0. The van der Waals surface area contributed by atoms with Crippen molar-refractivity contribution >= 4 is 43.5 Å². The molecule has 0 N–H and O–H groups in total. The lowest BCUT2D eigenvalue weighted by Gasteiger charge is -2.14. The summed E-state index contributed by atoms with van der Waals surface area (Å²) in [6.45, 7) is 6.34. The maximum Gasteiger partial charge on any atom is 0.143 e. The van der Waals surface area contributed by atoms with Gasteiger partial charge in [0, 0.05) is 21.7 Å². The molecule has 0 aliphatic heterocycles. The number of benzene rings is 4. The van der Waals surface area contributed by atoms with Gasteiger partial charge in [0.1, 0.15) is 11.2 Å². The average molecular weight is 352 g/mol. The largest absolute Gasteiger partial charge is 0.455 e. The van der Waals surface area contributed by atoms with E-state index in [2.05, 4.69) is 80.2 Å². The van der Waals surface area contributed by atoms with Crippen molar-refractivity contribution in [3.05, 3.63) is 84.9 Å². The monoisotopic (exact) mass is 352 g/mol. The third-order valence-corrected chi connectivity index (χ3v) is 5.29. The van der Waals surface area contributed by atoms with Crippen LogP contribution < -0.4 is 0 Å². The van der Waals surface area contributed by atoms with Crippen molar-refractivity contribution in [2.45, 2.75) is 13.0 Å². The fourth-order valence-corrected chi connectivity index (χ4v) is 3.98. The van der Waals surface area contributed by atoms with Crippen LogP contribution in [0.2, 0.25) is 0 Å². The predicted octanol–water partition coefficient (Wildman–Crippen LogP) is 7.16. The first-order chi connectivity index (χ1) is 13.3. The Morgan fingerprint density at radius 1 is 0.889 bits per heavy atom. The number of ether oxygens (including phenoxy) is 1. The molecule has 1 atom stereocenters. The van der Waals surface area contributed by atoms with Crippen LogP contribution >= 0.6 is 0 Å². The molecule has 2 heteroatoms. The fraction of sp³-hybridized carbons (Fsp3) is 0.120. The Morgan fingerprint density at radius 2 is 1.63 bits per heavy atom. The lowest BCUT2D eigenvalue weighted by atomic mass is 9.97. The van der Waals surface area contributed by atoms with Gasteiger partial charge in [-0.25, -0.2) is 0 Å². The highest BCUT2D eigenvalue weighted by Gasteiger charge is 2.19. The molecule has 1 aromatic heterocycles. The lowest BCUT2D eigenvalue weighted by molar-refractivity contribution is 0.0893. The zero-order chi connectivity index (χ0) is 18.4. The van der Waals surface area contributed by atoms with E-state index in [9.17, 15) is 0 Å². The highest BCUT2D eigenvalue weighted by Crippen LogP contribution is 2.41. The Morgan fingerprint density at radius 3 is 2.44 bits per heavy atom. The molecule has 27 heavy (non-hydrogen) atoms. The van der Waals surface area contributed by atoms with Crippen molar-refractivity contribution in [2.75, 3.05) is 6.61 Å². The van der Waals surface area contributed by atoms with Crippen LogP contribution in [0.4, 0.5) is 0 Å². The molecule has 0 saturated carbocycles. The molecule has 0 fully saturated rings. The van der Waals surface area contributed by atoms with Gasteiger partial charge in [0.05, 0.1) is 12.7 Å². The highest BCUT2D eigenvalue weighted by atomic mass is 16.5. The van der Waals surface area contributed by atoms with Gasteiger partial charge in [-0.05, 0) is 35.2 Å². The summed E-state index contributed by atoms with van der Waals surface area (Å²) in [6.07, 6.45) is 1.70. The SMILES string of the molecule is C=CCOC(C)c1cc2ccccc2c2c1oc1c3ccccc3ccc12. The Kier molecular flexibility index (Phi) is 3.73. The summed E-state index contributed by atoms with van der Waals surface area (Å²) in [4.78, 5) is 0. The molecule has 5 rings (SSSR count). The quantitative estimate of drug-likeness (QED) is 0.320. The van der Waals surface area contributed by atoms with Gasteiger partial charge in [0.2, 0.25) is 0 Å². The molecule has 0 amide bonds. The lowest BCUT2D eigenvalue weighted by Crippen LogP contribution is -2.00. The molecular weight excluding hydrogens is 332 g/mol. The molecular formula is C25H20O2. The zero-order valence-corrected chi connectivity index (χ0v) is 15.2. The second-order valence-electron chi connectivity index (χ2n) is 6.92. The highest BCUT2D eigenvalue weighted by molar-refractivity contribution is 6.23. The minimum Gasteiger partial charge on any atom is -0.455 e. The molecule has 4 aromatic carbocycles. The van der Waals surface area contributed by atoms with E-state index in [4.69, 9.17) is 9.15 Å². The molecule has 0 bridgehead atoms. The van der Waals surface area contributed by atoms with E-state index in [0.29, 0.717) is 6.61 Å². The number of hydrogen-bond acceptors (Lipinski definition) is 2. The second-order valence-corrected chi connectivity index (χ2v) is 6.92. The first kappa shape index (κ1) is 16.1. The molecule has 132 valence electrons. The topological polar surface area (TPSA) is 22.4 Å². The summed E-state index contributed by atoms with van der Waals surface area (Å²) in [6, 6.07) is 23.4. The third-order valence-electron chi connectivity index (χ3n) is 5.29. The van der Waals surface area contributed by atoms with Crippen LogP contribution in [-0.2, 0) is 4.74 Å². The van der Waals surface area contributed by atoms with Crippen LogP contribution in [0.25, 0.3) is 43.5 Å². The van der Waals surface area contributed by atoms with Gasteiger partial charge < -0.3 is 9.15 Å². The van der Waals surface area contributed by atoms with Gasteiger partial charge >= 0.3 is 0 Å². The smallest absolute Gasteiger partial charge is 0.143 e. The van der Waals surface area contributed by atoms with Gasteiger partial charge in [-0.15, -0.1) is 6.58 Å². The number of fused-ring (bicyclic) bond motifs is 7. The van der Waals surface area contributed by atoms with E-state index in [1.807, 2.05) is 0 Å². The van der Waals surface area contributed by atoms with E-state index in [1.165, 1.54) is 16.2 Å². The zero-order valence-electron chi connectivity index (χ0n) is 15.2. The number of hydrogen-bond donors (Lipinski definition) is 0. The maximum atomic E-state index is 6.50. The van der Waals surface area contributed by atoms with Crippen LogP contribution in [-0.4, -0.2) is 6.61 Å². The Balaban J connectivity index is 1.94. The maximum absolute atomic E-state index is 6.50. The first-order valence-electron chi connectivity index (χ1n) is 9.26. The molecule has 2 nitrogen and oxygen atoms in total. The van der Waals surface area contributed by atoms with Crippen LogP contribution in [0, 0.1) is 0 Å². The van der Waals surface area contributed by atoms with E-state index in [1.54, 1.807) is 6.08 Å². The van der Waals surface area contributed by atoms with Crippen molar-refractivity contribution in [1.29, 1.82) is 0 Å². The molecule has 0 spiro atoms. The van der Waals surface area contributed by atoms with E-state index in [-0.39, 0.29) is 6.10 Å². The van der Waals surface area contributed by atoms with Gasteiger partial charge in [-0.3, -0.25) is 0 Å². The molecule has 0 radical (unpaired) electrons. The molecule has 0 saturated heterocycles. The summed E-state index contributed by atoms with van der Waals surface area (Å²) < 4.78 is 12.4. The van der Waals surface area contributed by atoms with Crippen molar-refractivity contribution in [3.8, 4) is 0 Å². The minimum absolute atomic E-state index is 0.0815. The van der Waals surface area contributed by atoms with Gasteiger partial charge in [0.15, 0.2) is 0 Å². The van der Waals surface area contributed by atoms with Crippen LogP contribution in [0.3, 0.4) is 0 Å². The Bertz CT molecular complexity index is 1310. The normalized spacial score (nSPS) is 12.9. The minimum atomic E-state index is -0.0815. The average Bonchev–Trinajstić information content (AvgIpc) is 3.11. The molecule has 0 aliphatic rings. The summed E-state index contributed by atoms with van der Waals surface area (Å²) in [7, 11) is 0. The summed E-state index contributed by atoms with van der Waals surface area (Å²) >= 11 is 0. The second kappa shape index (κ2) is 6.26. The van der Waals surface area contributed by atoms with Crippen molar-refractivity contribution in [2.24, 2.45) is 0 Å². The van der Waals surface area contributed by atoms with Crippen molar-refractivity contribution in [3.63, 3.8) is 0 Å². The Hall–Kier alpha value is -3.10. The molecule has 5 aromatic rings. The summed E-state index contributed by atoms with van der Waals surface area (Å²) in [5.41, 5.74) is 2.93. The van der Waals surface area contributed by atoms with E-state index >= 15 is 0 Å². The van der Waals surface area contributed by atoms with Crippen LogP contribution in [0.15, 0.2) is 83.8 Å². The van der Waals surface area contributed by atoms with Crippen LogP contribution in [0.1, 0.15) is 18.6 Å². The van der Waals surface area contributed by atoms with Crippen molar-refractivity contribution in [1.82, 2.24) is 0 Å². The first-order valence-corrected chi connectivity index (χ1v) is 9.26. The summed E-state index contributed by atoms with van der Waals surface area (Å²) in [5, 5.41) is 7.05. The van der Waals surface area contributed by atoms with Crippen molar-refractivity contribution < 1.29 is 9.15 Å². The van der Waals surface area contributed by atoms with Gasteiger partial charge in [-0.1, -0.05) is 60.7 Å².